The predicted molar refractivity (Wildman–Crippen MR) is 52.1 cm³/mol. The lowest BCUT2D eigenvalue weighted by molar-refractivity contribution is 0.760. The smallest absolute Gasteiger partial charge is 0.182 e. The molecule has 14 heavy (non-hydrogen) atoms. The van der Waals surface area contributed by atoms with Crippen LogP contribution in [0, 0.1) is 13.8 Å². The van der Waals surface area contributed by atoms with E-state index in [4.69, 9.17) is 0 Å². The van der Waals surface area contributed by atoms with E-state index in [-0.39, 0.29) is 0 Å². The van der Waals surface area contributed by atoms with Crippen LogP contribution >= 0.6 is 0 Å². The summed E-state index contributed by atoms with van der Waals surface area (Å²) >= 11 is 0. The van der Waals surface area contributed by atoms with Crippen LogP contribution in [-0.2, 0) is 0 Å². The molecule has 0 aliphatic heterocycles. The monoisotopic (exact) mass is 191 g/mol. The van der Waals surface area contributed by atoms with Crippen LogP contribution in [0.4, 0.5) is 0 Å². The third-order valence-electron chi connectivity index (χ3n) is 2.12. The average molecular weight is 191 g/mol. The molecule has 5 nitrogen and oxygen atoms in total. The van der Waals surface area contributed by atoms with Gasteiger partial charge < -0.3 is 0 Å². The SMILES string of the molecule is Cc1nc(C)n2nnc(C(C)C)c2n1. The maximum absolute atomic E-state index is 4.34. The van der Waals surface area contributed by atoms with E-state index in [1.807, 2.05) is 13.8 Å². The molecular weight excluding hydrogens is 178 g/mol. The third kappa shape index (κ3) is 1.25. The number of hydrogen-bond donors (Lipinski definition) is 0. The third-order valence-corrected chi connectivity index (χ3v) is 2.12. The lowest BCUT2D eigenvalue weighted by atomic mass is 10.1. The fraction of sp³-hybridized carbons (Fsp3) is 0.556. The molecule has 5 heteroatoms. The summed E-state index contributed by atoms with van der Waals surface area (Å²) in [5.74, 6) is 1.92. The molecule has 0 bridgehead atoms. The Labute approximate surface area is 82.2 Å². The van der Waals surface area contributed by atoms with Crippen LogP contribution in [0.5, 0.6) is 0 Å². The standard InChI is InChI=1S/C9H13N5/c1-5(2)8-9-11-6(3)10-7(4)14(9)13-12-8/h5H,1-4H3. The van der Waals surface area contributed by atoms with Gasteiger partial charge in [0.05, 0.1) is 0 Å². The van der Waals surface area contributed by atoms with Gasteiger partial charge in [-0.2, -0.15) is 4.52 Å². The molecule has 2 aromatic rings. The van der Waals surface area contributed by atoms with Gasteiger partial charge in [0.2, 0.25) is 0 Å². The van der Waals surface area contributed by atoms with Gasteiger partial charge in [-0.15, -0.1) is 5.10 Å². The van der Waals surface area contributed by atoms with E-state index in [1.54, 1.807) is 4.52 Å². The highest BCUT2D eigenvalue weighted by Gasteiger charge is 2.13. The molecule has 0 atom stereocenters. The largest absolute Gasteiger partial charge is 0.218 e. The van der Waals surface area contributed by atoms with Crippen LogP contribution in [0.1, 0.15) is 37.1 Å². The van der Waals surface area contributed by atoms with Crippen LogP contribution in [-0.4, -0.2) is 24.8 Å². The summed E-state index contributed by atoms with van der Waals surface area (Å²) in [7, 11) is 0. The van der Waals surface area contributed by atoms with Crippen molar-refractivity contribution in [3.8, 4) is 0 Å². The summed E-state index contributed by atoms with van der Waals surface area (Å²) in [6, 6.07) is 0. The van der Waals surface area contributed by atoms with E-state index in [0.717, 1.165) is 23.0 Å². The van der Waals surface area contributed by atoms with Gasteiger partial charge in [0.25, 0.3) is 0 Å². The van der Waals surface area contributed by atoms with Gasteiger partial charge in [0.1, 0.15) is 17.3 Å². The lowest BCUT2D eigenvalue weighted by Crippen LogP contribution is -2.02. The zero-order valence-electron chi connectivity index (χ0n) is 8.81. The highest BCUT2D eigenvalue weighted by molar-refractivity contribution is 5.44. The first-order chi connectivity index (χ1) is 6.59. The van der Waals surface area contributed by atoms with Crippen molar-refractivity contribution in [3.63, 3.8) is 0 Å². The van der Waals surface area contributed by atoms with E-state index in [2.05, 4.69) is 34.1 Å². The molecular formula is C9H13N5. The van der Waals surface area contributed by atoms with Crippen molar-refractivity contribution in [2.75, 3.05) is 0 Å². The van der Waals surface area contributed by atoms with E-state index in [0.29, 0.717) is 5.92 Å². The Morgan fingerprint density at radius 1 is 1.14 bits per heavy atom. The molecule has 0 radical (unpaired) electrons. The second kappa shape index (κ2) is 3.01. The number of fused-ring (bicyclic) bond motifs is 1. The molecule has 0 aliphatic rings. The van der Waals surface area contributed by atoms with Crippen molar-refractivity contribution in [3.05, 3.63) is 17.3 Å². The van der Waals surface area contributed by atoms with Crippen molar-refractivity contribution in [1.82, 2.24) is 24.8 Å². The highest BCUT2D eigenvalue weighted by Crippen LogP contribution is 2.16. The predicted octanol–water partition coefficient (Wildman–Crippen LogP) is 1.26. The molecule has 0 spiro atoms. The lowest BCUT2D eigenvalue weighted by Gasteiger charge is -2.01. The first kappa shape index (κ1) is 9.05. The molecule has 0 N–H and O–H groups in total. The van der Waals surface area contributed by atoms with Crippen LogP contribution in [0.2, 0.25) is 0 Å². The molecule has 0 aliphatic carbocycles. The minimum Gasteiger partial charge on any atom is -0.218 e. The summed E-state index contributed by atoms with van der Waals surface area (Å²) in [4.78, 5) is 8.57. The van der Waals surface area contributed by atoms with Crippen LogP contribution in [0.3, 0.4) is 0 Å². The van der Waals surface area contributed by atoms with Crippen LogP contribution in [0.25, 0.3) is 5.65 Å². The van der Waals surface area contributed by atoms with Crippen molar-refractivity contribution in [2.45, 2.75) is 33.6 Å². The fourth-order valence-electron chi connectivity index (χ4n) is 1.44. The molecule has 0 saturated carbocycles. The van der Waals surface area contributed by atoms with Crippen molar-refractivity contribution >= 4 is 5.65 Å². The Balaban J connectivity index is 2.78. The fourth-order valence-corrected chi connectivity index (χ4v) is 1.44. The summed E-state index contributed by atoms with van der Waals surface area (Å²) < 4.78 is 1.68. The minimum absolute atomic E-state index is 0.334. The summed E-state index contributed by atoms with van der Waals surface area (Å²) in [5.41, 5.74) is 1.75. The molecule has 0 fully saturated rings. The molecule has 2 aromatic heterocycles. The van der Waals surface area contributed by atoms with Crippen LogP contribution in [0.15, 0.2) is 0 Å². The normalized spacial score (nSPS) is 11.5. The van der Waals surface area contributed by atoms with Crippen molar-refractivity contribution in [1.29, 1.82) is 0 Å². The Bertz CT molecular complexity index is 471. The van der Waals surface area contributed by atoms with E-state index < -0.39 is 0 Å². The number of nitrogens with zero attached hydrogens (tertiary/aromatic N) is 5. The van der Waals surface area contributed by atoms with Crippen molar-refractivity contribution < 1.29 is 0 Å². The Hall–Kier alpha value is -1.52. The molecule has 2 rings (SSSR count). The summed E-state index contributed by atoms with van der Waals surface area (Å²) in [5, 5.41) is 8.13. The quantitative estimate of drug-likeness (QED) is 0.681. The second-order valence-corrected chi connectivity index (χ2v) is 3.68. The molecule has 2 heterocycles. The number of aryl methyl sites for hydroxylation is 2. The van der Waals surface area contributed by atoms with Gasteiger partial charge >= 0.3 is 0 Å². The average Bonchev–Trinajstić information content (AvgIpc) is 2.47. The Morgan fingerprint density at radius 3 is 2.50 bits per heavy atom. The van der Waals surface area contributed by atoms with Gasteiger partial charge in [-0.3, -0.25) is 0 Å². The van der Waals surface area contributed by atoms with Crippen LogP contribution < -0.4 is 0 Å². The maximum Gasteiger partial charge on any atom is 0.182 e. The summed E-state index contributed by atoms with van der Waals surface area (Å²) in [6.45, 7) is 7.94. The minimum atomic E-state index is 0.334. The molecule has 0 saturated heterocycles. The molecule has 0 amide bonds. The number of rotatable bonds is 1. The Morgan fingerprint density at radius 2 is 1.86 bits per heavy atom. The second-order valence-electron chi connectivity index (χ2n) is 3.68. The topological polar surface area (TPSA) is 56.0 Å². The molecule has 0 unspecified atom stereocenters. The van der Waals surface area contributed by atoms with Gasteiger partial charge in [0, 0.05) is 5.92 Å². The highest BCUT2D eigenvalue weighted by atomic mass is 15.4. The van der Waals surface area contributed by atoms with E-state index in [9.17, 15) is 0 Å². The molecule has 74 valence electrons. The molecule has 0 aromatic carbocycles. The zero-order valence-corrected chi connectivity index (χ0v) is 8.81. The van der Waals surface area contributed by atoms with E-state index in [1.165, 1.54) is 0 Å². The number of aromatic nitrogens is 5. The number of hydrogen-bond acceptors (Lipinski definition) is 4. The van der Waals surface area contributed by atoms with Gasteiger partial charge in [-0.1, -0.05) is 19.1 Å². The maximum atomic E-state index is 4.34. The zero-order chi connectivity index (χ0) is 10.3. The van der Waals surface area contributed by atoms with Crippen molar-refractivity contribution in [2.24, 2.45) is 0 Å². The first-order valence-corrected chi connectivity index (χ1v) is 4.66. The Kier molecular flexibility index (Phi) is 1.94. The van der Waals surface area contributed by atoms with E-state index >= 15 is 0 Å². The summed E-state index contributed by atoms with van der Waals surface area (Å²) in [6.07, 6.45) is 0. The van der Waals surface area contributed by atoms with Gasteiger partial charge in [-0.25, -0.2) is 9.97 Å². The van der Waals surface area contributed by atoms with Gasteiger partial charge in [0.15, 0.2) is 5.65 Å². The first-order valence-electron chi connectivity index (χ1n) is 4.66. The van der Waals surface area contributed by atoms with Gasteiger partial charge in [-0.05, 0) is 13.8 Å².